The molecule has 2 rings (SSSR count). The van der Waals surface area contributed by atoms with E-state index in [0.717, 1.165) is 19.3 Å². The Kier molecular flexibility index (Phi) is 2.64. The van der Waals surface area contributed by atoms with Crippen molar-refractivity contribution < 1.29 is 4.79 Å². The van der Waals surface area contributed by atoms with Crippen LogP contribution in [0.4, 0.5) is 0 Å². The van der Waals surface area contributed by atoms with E-state index in [1.54, 1.807) is 7.05 Å². The Morgan fingerprint density at radius 2 is 2.33 bits per heavy atom. The Morgan fingerprint density at radius 1 is 1.67 bits per heavy atom. The van der Waals surface area contributed by atoms with Gasteiger partial charge in [-0.25, -0.2) is 4.68 Å². The van der Waals surface area contributed by atoms with Crippen molar-refractivity contribution in [3.8, 4) is 0 Å². The summed E-state index contributed by atoms with van der Waals surface area (Å²) in [5.74, 6) is 0.0654. The molecule has 1 saturated carbocycles. The number of aromatic nitrogens is 3. The van der Waals surface area contributed by atoms with Gasteiger partial charge in [0.15, 0.2) is 10.4 Å². The predicted octanol–water partition coefficient (Wildman–Crippen LogP) is 0.889. The summed E-state index contributed by atoms with van der Waals surface area (Å²) < 4.78 is 2.01. The zero-order valence-corrected chi connectivity index (χ0v) is 10.1. The first kappa shape index (κ1) is 10.8. The Labute approximate surface area is 96.1 Å². The number of hydrogen-bond donors (Lipinski definition) is 1. The van der Waals surface area contributed by atoms with Crippen LogP contribution in [0.1, 0.15) is 29.8 Å². The third kappa shape index (κ3) is 1.52. The van der Waals surface area contributed by atoms with Crippen LogP contribution < -0.4 is 5.73 Å². The molecule has 0 aliphatic heterocycles. The van der Waals surface area contributed by atoms with Gasteiger partial charge in [-0.15, -0.1) is 5.10 Å². The number of nitrogens with zero attached hydrogens (tertiary/aromatic N) is 3. The SMILES string of the molecule is Cn1nnc(Br)c1C(=O)C1(CN)CCC1. The number of Topliss-reactive ketones (excluding diaryl/α,β-unsaturated/α-hetero) is 1. The van der Waals surface area contributed by atoms with Crippen LogP contribution in [-0.2, 0) is 7.05 Å². The molecule has 0 radical (unpaired) electrons. The minimum absolute atomic E-state index is 0.0654. The molecule has 0 atom stereocenters. The first-order chi connectivity index (χ1) is 7.10. The van der Waals surface area contributed by atoms with Crippen molar-refractivity contribution in [2.75, 3.05) is 6.54 Å². The zero-order chi connectivity index (χ0) is 11.1. The molecule has 1 heterocycles. The highest BCUT2D eigenvalue weighted by atomic mass is 79.9. The molecular weight excluding hydrogens is 260 g/mol. The maximum absolute atomic E-state index is 12.3. The van der Waals surface area contributed by atoms with Gasteiger partial charge < -0.3 is 5.73 Å². The summed E-state index contributed by atoms with van der Waals surface area (Å²) in [6, 6.07) is 0. The fourth-order valence-corrected chi connectivity index (χ4v) is 2.46. The van der Waals surface area contributed by atoms with Gasteiger partial charge in [-0.05, 0) is 28.8 Å². The molecule has 0 aromatic carbocycles. The van der Waals surface area contributed by atoms with Gasteiger partial charge in [-0.2, -0.15) is 0 Å². The van der Waals surface area contributed by atoms with Crippen molar-refractivity contribution in [1.82, 2.24) is 15.0 Å². The lowest BCUT2D eigenvalue weighted by Gasteiger charge is -2.38. The quantitative estimate of drug-likeness (QED) is 0.830. The van der Waals surface area contributed by atoms with Gasteiger partial charge in [-0.3, -0.25) is 4.79 Å². The molecule has 5 nitrogen and oxygen atoms in total. The van der Waals surface area contributed by atoms with Gasteiger partial charge in [0.25, 0.3) is 0 Å². The number of rotatable bonds is 3. The minimum Gasteiger partial charge on any atom is -0.329 e. The van der Waals surface area contributed by atoms with Crippen LogP contribution in [0.3, 0.4) is 0 Å². The highest BCUT2D eigenvalue weighted by Crippen LogP contribution is 2.43. The van der Waals surface area contributed by atoms with Crippen LogP contribution in [0, 0.1) is 5.41 Å². The molecule has 1 aliphatic carbocycles. The molecule has 2 N–H and O–H groups in total. The maximum Gasteiger partial charge on any atom is 0.191 e. The second-order valence-corrected chi connectivity index (χ2v) is 4.77. The molecule has 15 heavy (non-hydrogen) atoms. The van der Waals surface area contributed by atoms with Gasteiger partial charge >= 0.3 is 0 Å². The van der Waals surface area contributed by atoms with Crippen molar-refractivity contribution in [1.29, 1.82) is 0 Å². The van der Waals surface area contributed by atoms with Crippen molar-refractivity contribution >= 4 is 21.7 Å². The Balaban J connectivity index is 2.35. The maximum atomic E-state index is 12.3. The minimum atomic E-state index is -0.363. The molecule has 0 spiro atoms. The lowest BCUT2D eigenvalue weighted by Crippen LogP contribution is -2.45. The predicted molar refractivity (Wildman–Crippen MR) is 58.4 cm³/mol. The molecule has 82 valence electrons. The monoisotopic (exact) mass is 272 g/mol. The van der Waals surface area contributed by atoms with Gasteiger partial charge in [0, 0.05) is 19.0 Å². The van der Waals surface area contributed by atoms with Crippen LogP contribution in [-0.4, -0.2) is 27.3 Å². The smallest absolute Gasteiger partial charge is 0.191 e. The molecule has 0 unspecified atom stereocenters. The third-order valence-electron chi connectivity index (χ3n) is 3.18. The van der Waals surface area contributed by atoms with Crippen molar-refractivity contribution in [2.45, 2.75) is 19.3 Å². The average molecular weight is 273 g/mol. The number of aryl methyl sites for hydroxylation is 1. The number of halogens is 1. The van der Waals surface area contributed by atoms with E-state index in [1.165, 1.54) is 4.68 Å². The van der Waals surface area contributed by atoms with E-state index < -0.39 is 0 Å². The van der Waals surface area contributed by atoms with Gasteiger partial charge in [0.1, 0.15) is 5.69 Å². The molecule has 1 aliphatic rings. The molecule has 0 bridgehead atoms. The molecule has 1 aromatic heterocycles. The summed E-state index contributed by atoms with van der Waals surface area (Å²) in [6.45, 7) is 0.406. The summed E-state index contributed by atoms with van der Waals surface area (Å²) in [5, 5.41) is 7.61. The fourth-order valence-electron chi connectivity index (χ4n) is 1.95. The van der Waals surface area contributed by atoms with Gasteiger partial charge in [0.2, 0.25) is 0 Å². The normalized spacial score (nSPS) is 18.6. The van der Waals surface area contributed by atoms with Crippen molar-refractivity contribution in [3.63, 3.8) is 0 Å². The second-order valence-electron chi connectivity index (χ2n) is 4.02. The van der Waals surface area contributed by atoms with E-state index in [1.807, 2.05) is 0 Å². The Bertz CT molecular complexity index is 372. The summed E-state index contributed by atoms with van der Waals surface area (Å²) in [6.07, 6.45) is 2.83. The van der Waals surface area contributed by atoms with Crippen molar-refractivity contribution in [3.05, 3.63) is 10.3 Å². The molecule has 0 amide bonds. The van der Waals surface area contributed by atoms with Crippen LogP contribution >= 0.6 is 15.9 Å². The highest BCUT2D eigenvalue weighted by Gasteiger charge is 2.45. The van der Waals surface area contributed by atoms with E-state index in [4.69, 9.17) is 5.73 Å². The van der Waals surface area contributed by atoms with Crippen LogP contribution in [0.2, 0.25) is 0 Å². The number of carbonyl (C=O) groups is 1. The van der Waals surface area contributed by atoms with Gasteiger partial charge in [0.05, 0.1) is 0 Å². The summed E-state index contributed by atoms with van der Waals surface area (Å²) in [7, 11) is 1.72. The largest absolute Gasteiger partial charge is 0.329 e. The number of carbonyl (C=O) groups excluding carboxylic acids is 1. The average Bonchev–Trinajstić information content (AvgIpc) is 2.45. The second kappa shape index (κ2) is 3.68. The molecule has 0 saturated heterocycles. The van der Waals surface area contributed by atoms with E-state index in [9.17, 15) is 4.79 Å². The third-order valence-corrected chi connectivity index (χ3v) is 3.72. The van der Waals surface area contributed by atoms with Crippen LogP contribution in [0.15, 0.2) is 4.60 Å². The summed E-state index contributed by atoms with van der Waals surface area (Å²) in [5.41, 5.74) is 5.85. The van der Waals surface area contributed by atoms with E-state index in [-0.39, 0.29) is 11.2 Å². The number of hydrogen-bond acceptors (Lipinski definition) is 4. The highest BCUT2D eigenvalue weighted by molar-refractivity contribution is 9.10. The molecular formula is C9H13BrN4O. The molecule has 6 heteroatoms. The van der Waals surface area contributed by atoms with Crippen molar-refractivity contribution in [2.24, 2.45) is 18.2 Å². The molecule has 1 aromatic rings. The van der Waals surface area contributed by atoms with E-state index in [2.05, 4.69) is 26.2 Å². The molecule has 1 fully saturated rings. The summed E-state index contributed by atoms with van der Waals surface area (Å²) in [4.78, 5) is 12.3. The zero-order valence-electron chi connectivity index (χ0n) is 8.53. The van der Waals surface area contributed by atoms with Crippen LogP contribution in [0.25, 0.3) is 0 Å². The Morgan fingerprint density at radius 3 is 2.67 bits per heavy atom. The lowest BCUT2D eigenvalue weighted by atomic mass is 9.65. The topological polar surface area (TPSA) is 73.8 Å². The summed E-state index contributed by atoms with van der Waals surface area (Å²) >= 11 is 3.24. The van der Waals surface area contributed by atoms with E-state index >= 15 is 0 Å². The van der Waals surface area contributed by atoms with Crippen LogP contribution in [0.5, 0.6) is 0 Å². The van der Waals surface area contributed by atoms with Gasteiger partial charge in [-0.1, -0.05) is 11.6 Å². The lowest BCUT2D eigenvalue weighted by molar-refractivity contribution is 0.0624. The van der Waals surface area contributed by atoms with E-state index in [0.29, 0.717) is 16.8 Å². The number of ketones is 1. The fraction of sp³-hybridized carbons (Fsp3) is 0.667. The Hall–Kier alpha value is -0.750. The first-order valence-corrected chi connectivity index (χ1v) is 5.70. The number of nitrogens with two attached hydrogens (primary N) is 1. The standard InChI is InChI=1S/C9H13BrN4O/c1-14-6(8(10)12-13-14)7(15)9(5-11)3-2-4-9/h2-5,11H2,1H3. The first-order valence-electron chi connectivity index (χ1n) is 4.91.